The van der Waals surface area contributed by atoms with E-state index in [1.54, 1.807) is 11.3 Å². The zero-order chi connectivity index (χ0) is 21.7. The third-order valence-corrected chi connectivity index (χ3v) is 5.83. The van der Waals surface area contributed by atoms with Gasteiger partial charge in [0.05, 0.1) is 16.3 Å². The van der Waals surface area contributed by atoms with E-state index in [-0.39, 0.29) is 12.0 Å². The van der Waals surface area contributed by atoms with Gasteiger partial charge in [-0.15, -0.1) is 0 Å². The fourth-order valence-corrected chi connectivity index (χ4v) is 4.28. The Labute approximate surface area is 183 Å². The summed E-state index contributed by atoms with van der Waals surface area (Å²) in [6.07, 6.45) is 1.97. The Bertz CT molecular complexity index is 980. The molecule has 1 aromatic heterocycles. The highest BCUT2D eigenvalue weighted by Gasteiger charge is 2.21. The second-order valence-electron chi connectivity index (χ2n) is 7.96. The molecular formula is C24H31N3O2S. The molecule has 0 spiro atoms. The zero-order valence-corrected chi connectivity index (χ0v) is 19.3. The van der Waals surface area contributed by atoms with Gasteiger partial charge in [0.15, 0.2) is 5.13 Å². The molecule has 0 aliphatic heterocycles. The smallest absolute Gasteiger partial charge is 0.260 e. The van der Waals surface area contributed by atoms with E-state index in [0.717, 1.165) is 40.5 Å². The van der Waals surface area contributed by atoms with Crippen molar-refractivity contribution in [3.63, 3.8) is 0 Å². The van der Waals surface area contributed by atoms with Crippen LogP contribution in [0.25, 0.3) is 10.2 Å². The normalized spacial score (nSPS) is 11.4. The topological polar surface area (TPSA) is 45.7 Å². The van der Waals surface area contributed by atoms with Crippen molar-refractivity contribution in [2.45, 2.75) is 39.7 Å². The van der Waals surface area contributed by atoms with Gasteiger partial charge in [-0.3, -0.25) is 9.69 Å². The Hall–Kier alpha value is -2.44. The number of thiazole rings is 1. The van der Waals surface area contributed by atoms with E-state index in [4.69, 9.17) is 9.72 Å². The average molecular weight is 426 g/mol. The van der Waals surface area contributed by atoms with Crippen molar-refractivity contribution in [1.29, 1.82) is 0 Å². The summed E-state index contributed by atoms with van der Waals surface area (Å²) >= 11 is 1.58. The first-order valence-corrected chi connectivity index (χ1v) is 11.3. The van der Waals surface area contributed by atoms with Crippen LogP contribution in [0.2, 0.25) is 0 Å². The number of benzene rings is 2. The second kappa shape index (κ2) is 10.0. The molecule has 0 saturated carbocycles. The number of anilines is 1. The number of fused-ring (bicyclic) bond motifs is 1. The van der Waals surface area contributed by atoms with Crippen LogP contribution in [0.15, 0.2) is 42.5 Å². The van der Waals surface area contributed by atoms with Crippen molar-refractivity contribution < 1.29 is 9.53 Å². The van der Waals surface area contributed by atoms with Crippen LogP contribution in [0, 0.1) is 0 Å². The number of amides is 1. The number of rotatable bonds is 9. The predicted octanol–water partition coefficient (Wildman–Crippen LogP) is 5.24. The largest absolute Gasteiger partial charge is 0.491 e. The van der Waals surface area contributed by atoms with E-state index in [9.17, 15) is 4.79 Å². The van der Waals surface area contributed by atoms with Crippen LogP contribution >= 0.6 is 11.3 Å². The van der Waals surface area contributed by atoms with Crippen LogP contribution in [0.4, 0.5) is 5.13 Å². The van der Waals surface area contributed by atoms with Gasteiger partial charge in [0, 0.05) is 12.1 Å². The Balaban J connectivity index is 1.88. The summed E-state index contributed by atoms with van der Waals surface area (Å²) in [5.41, 5.74) is 2.87. The van der Waals surface area contributed by atoms with Gasteiger partial charge in [-0.05, 0) is 89.3 Å². The van der Waals surface area contributed by atoms with E-state index in [1.165, 1.54) is 5.56 Å². The Morgan fingerprint density at radius 2 is 1.83 bits per heavy atom. The number of hydrogen-bond donors (Lipinski definition) is 0. The number of carbonyl (C=O) groups is 1. The summed E-state index contributed by atoms with van der Waals surface area (Å²) in [5.74, 6) is 0.743. The van der Waals surface area contributed by atoms with Crippen LogP contribution in [-0.2, 0) is 6.42 Å². The van der Waals surface area contributed by atoms with Crippen LogP contribution < -0.4 is 9.64 Å². The van der Waals surface area contributed by atoms with Gasteiger partial charge in [0.25, 0.3) is 5.91 Å². The first-order chi connectivity index (χ1) is 14.4. The summed E-state index contributed by atoms with van der Waals surface area (Å²) in [6.45, 7) is 7.66. The van der Waals surface area contributed by atoms with Crippen molar-refractivity contribution >= 4 is 32.6 Å². The molecule has 6 heteroatoms. The molecule has 0 atom stereocenters. The van der Waals surface area contributed by atoms with Gasteiger partial charge in [-0.2, -0.15) is 0 Å². The molecule has 2 aromatic carbocycles. The predicted molar refractivity (Wildman–Crippen MR) is 126 cm³/mol. The molecule has 5 nitrogen and oxygen atoms in total. The number of nitrogens with zero attached hydrogens (tertiary/aromatic N) is 3. The molecular weight excluding hydrogens is 394 g/mol. The Morgan fingerprint density at radius 1 is 1.10 bits per heavy atom. The van der Waals surface area contributed by atoms with E-state index < -0.39 is 0 Å². The summed E-state index contributed by atoms with van der Waals surface area (Å²) in [7, 11) is 4.09. The van der Waals surface area contributed by atoms with E-state index in [0.29, 0.717) is 12.1 Å². The lowest BCUT2D eigenvalue weighted by Gasteiger charge is -2.21. The molecule has 0 bridgehead atoms. The molecule has 3 rings (SSSR count). The zero-order valence-electron chi connectivity index (χ0n) is 18.5. The average Bonchev–Trinajstić information content (AvgIpc) is 3.13. The molecule has 1 amide bonds. The maximum absolute atomic E-state index is 13.4. The standard InChI is InChI=1S/C24H31N3O2S/c1-6-18-8-13-21-22(16-18)30-24(25-21)27(15-7-14-26(4)5)23(28)19-9-11-20(12-10-19)29-17(2)3/h8-13,16-17H,6-7,14-15H2,1-5H3. The lowest BCUT2D eigenvalue weighted by atomic mass is 10.2. The van der Waals surface area contributed by atoms with E-state index in [2.05, 4.69) is 30.0 Å². The lowest BCUT2D eigenvalue weighted by Crippen LogP contribution is -2.33. The third kappa shape index (κ3) is 5.58. The van der Waals surface area contributed by atoms with Crippen LogP contribution in [-0.4, -0.2) is 49.1 Å². The van der Waals surface area contributed by atoms with Gasteiger partial charge in [0.2, 0.25) is 0 Å². The second-order valence-corrected chi connectivity index (χ2v) is 8.97. The summed E-state index contributed by atoms with van der Waals surface area (Å²) in [4.78, 5) is 22.1. The molecule has 0 N–H and O–H groups in total. The van der Waals surface area contributed by atoms with Gasteiger partial charge < -0.3 is 9.64 Å². The molecule has 0 unspecified atom stereocenters. The highest BCUT2D eigenvalue weighted by atomic mass is 32.1. The SMILES string of the molecule is CCc1ccc2nc(N(CCCN(C)C)C(=O)c3ccc(OC(C)C)cc3)sc2c1. The quantitative estimate of drug-likeness (QED) is 0.470. The van der Waals surface area contributed by atoms with Gasteiger partial charge in [-0.1, -0.05) is 24.3 Å². The molecule has 3 aromatic rings. The number of aromatic nitrogens is 1. The monoisotopic (exact) mass is 425 g/mol. The van der Waals surface area contributed by atoms with Crippen molar-refractivity contribution in [1.82, 2.24) is 9.88 Å². The van der Waals surface area contributed by atoms with E-state index >= 15 is 0 Å². The summed E-state index contributed by atoms with van der Waals surface area (Å²) < 4.78 is 6.83. The minimum atomic E-state index is -0.0281. The highest BCUT2D eigenvalue weighted by Crippen LogP contribution is 2.31. The van der Waals surface area contributed by atoms with Gasteiger partial charge in [-0.25, -0.2) is 4.98 Å². The Kier molecular flexibility index (Phi) is 7.45. The number of aryl methyl sites for hydroxylation is 1. The summed E-state index contributed by atoms with van der Waals surface area (Å²) in [5, 5.41) is 0.754. The highest BCUT2D eigenvalue weighted by molar-refractivity contribution is 7.22. The maximum Gasteiger partial charge on any atom is 0.260 e. The molecule has 0 aliphatic carbocycles. The molecule has 0 saturated heterocycles. The molecule has 0 fully saturated rings. The third-order valence-electron chi connectivity index (χ3n) is 4.79. The van der Waals surface area contributed by atoms with Crippen molar-refractivity contribution in [3.8, 4) is 5.75 Å². The molecule has 160 valence electrons. The molecule has 0 radical (unpaired) electrons. The first-order valence-electron chi connectivity index (χ1n) is 10.5. The van der Waals surface area contributed by atoms with Crippen molar-refractivity contribution in [2.75, 3.05) is 32.1 Å². The van der Waals surface area contributed by atoms with E-state index in [1.807, 2.05) is 57.1 Å². The number of carbonyl (C=O) groups excluding carboxylic acids is 1. The minimum absolute atomic E-state index is 0.0281. The number of hydrogen-bond acceptors (Lipinski definition) is 5. The number of ether oxygens (including phenoxy) is 1. The first kappa shape index (κ1) is 22.2. The van der Waals surface area contributed by atoms with Gasteiger partial charge in [0.1, 0.15) is 5.75 Å². The lowest BCUT2D eigenvalue weighted by molar-refractivity contribution is 0.0986. The maximum atomic E-state index is 13.4. The van der Waals surface area contributed by atoms with Crippen LogP contribution in [0.5, 0.6) is 5.75 Å². The Morgan fingerprint density at radius 3 is 2.47 bits per heavy atom. The fraction of sp³-hybridized carbons (Fsp3) is 0.417. The molecule has 1 heterocycles. The molecule has 0 aliphatic rings. The summed E-state index contributed by atoms with van der Waals surface area (Å²) in [6, 6.07) is 13.7. The van der Waals surface area contributed by atoms with Crippen LogP contribution in [0.1, 0.15) is 43.1 Å². The molecule has 30 heavy (non-hydrogen) atoms. The fourth-order valence-electron chi connectivity index (χ4n) is 3.23. The van der Waals surface area contributed by atoms with Crippen molar-refractivity contribution in [2.24, 2.45) is 0 Å². The van der Waals surface area contributed by atoms with Gasteiger partial charge >= 0.3 is 0 Å². The van der Waals surface area contributed by atoms with Crippen LogP contribution in [0.3, 0.4) is 0 Å². The van der Waals surface area contributed by atoms with Crippen molar-refractivity contribution in [3.05, 3.63) is 53.6 Å². The minimum Gasteiger partial charge on any atom is -0.491 e.